The molecule has 1 aliphatic rings. The van der Waals surface area contributed by atoms with Crippen molar-refractivity contribution >= 4 is 23.3 Å². The van der Waals surface area contributed by atoms with Gasteiger partial charge >= 0.3 is 0 Å². The Morgan fingerprint density at radius 3 is 2.40 bits per heavy atom. The Bertz CT molecular complexity index is 479. The lowest BCUT2D eigenvalue weighted by molar-refractivity contribution is 0.209. The van der Waals surface area contributed by atoms with Gasteiger partial charge in [-0.2, -0.15) is 0 Å². The first-order chi connectivity index (χ1) is 9.54. The third-order valence-electron chi connectivity index (χ3n) is 3.88. The van der Waals surface area contributed by atoms with Gasteiger partial charge in [-0.15, -0.1) is 11.8 Å². The predicted octanol–water partition coefficient (Wildman–Crippen LogP) is 2.22. The van der Waals surface area contributed by atoms with E-state index >= 15 is 0 Å². The van der Waals surface area contributed by atoms with E-state index in [4.69, 9.17) is 11.1 Å². The molecule has 0 radical (unpaired) electrons. The van der Waals surface area contributed by atoms with Gasteiger partial charge in [0.2, 0.25) is 0 Å². The average molecular weight is 292 g/mol. The molecule has 0 aromatic heterocycles. The minimum Gasteiger partial charge on any atom is -0.384 e. The number of nitrogen functional groups attached to an aromatic ring is 1. The van der Waals surface area contributed by atoms with Crippen molar-refractivity contribution in [3.05, 3.63) is 23.8 Å². The molecule has 3 N–H and O–H groups in total. The summed E-state index contributed by atoms with van der Waals surface area (Å²) in [6.45, 7) is 8.61. The summed E-state index contributed by atoms with van der Waals surface area (Å²) in [5.41, 5.74) is 7.80. The Hall–Kier alpha value is -1.20. The van der Waals surface area contributed by atoms with Crippen LogP contribution in [0.3, 0.4) is 0 Å². The molecule has 0 bridgehead atoms. The zero-order chi connectivity index (χ0) is 14.7. The third-order valence-corrected chi connectivity index (χ3v) is 4.66. The van der Waals surface area contributed by atoms with Gasteiger partial charge < -0.3 is 10.6 Å². The molecule has 5 heteroatoms. The van der Waals surface area contributed by atoms with Crippen molar-refractivity contribution in [2.75, 3.05) is 37.3 Å². The van der Waals surface area contributed by atoms with Crippen LogP contribution in [-0.2, 0) is 0 Å². The van der Waals surface area contributed by atoms with Crippen molar-refractivity contribution in [1.82, 2.24) is 4.90 Å². The number of piperazine rings is 1. The topological polar surface area (TPSA) is 56.4 Å². The summed E-state index contributed by atoms with van der Waals surface area (Å²) < 4.78 is 0. The number of hydrogen-bond acceptors (Lipinski definition) is 4. The first-order valence-corrected chi connectivity index (χ1v) is 8.27. The van der Waals surface area contributed by atoms with Gasteiger partial charge in [-0.1, -0.05) is 6.07 Å². The zero-order valence-corrected chi connectivity index (χ0v) is 13.3. The van der Waals surface area contributed by atoms with E-state index in [0.29, 0.717) is 6.04 Å². The molecule has 0 aliphatic carbocycles. The lowest BCUT2D eigenvalue weighted by Gasteiger charge is -2.39. The maximum atomic E-state index is 7.87. The molecule has 0 saturated carbocycles. The van der Waals surface area contributed by atoms with Crippen molar-refractivity contribution in [3.63, 3.8) is 0 Å². The fourth-order valence-corrected chi connectivity index (χ4v) is 3.34. The second kappa shape index (κ2) is 6.50. The van der Waals surface area contributed by atoms with Crippen LogP contribution in [0.1, 0.15) is 19.4 Å². The second-order valence-electron chi connectivity index (χ2n) is 5.38. The predicted molar refractivity (Wildman–Crippen MR) is 88.2 cm³/mol. The van der Waals surface area contributed by atoms with Crippen molar-refractivity contribution in [2.24, 2.45) is 5.73 Å². The Morgan fingerprint density at radius 2 is 1.90 bits per heavy atom. The molecule has 1 saturated heterocycles. The van der Waals surface area contributed by atoms with Crippen LogP contribution >= 0.6 is 11.8 Å². The van der Waals surface area contributed by atoms with E-state index in [9.17, 15) is 0 Å². The number of hydrogen-bond donors (Lipinski definition) is 2. The molecule has 0 unspecified atom stereocenters. The number of amidine groups is 1. The van der Waals surface area contributed by atoms with E-state index < -0.39 is 0 Å². The van der Waals surface area contributed by atoms with E-state index in [1.54, 1.807) is 11.8 Å². The Labute approximate surface area is 125 Å². The summed E-state index contributed by atoms with van der Waals surface area (Å²) in [5, 5.41) is 7.87. The van der Waals surface area contributed by atoms with Gasteiger partial charge in [-0.25, -0.2) is 0 Å². The number of anilines is 1. The summed E-state index contributed by atoms with van der Waals surface area (Å²) in [7, 11) is 0. The molecular formula is C15H24N4S. The highest BCUT2D eigenvalue weighted by Gasteiger charge is 2.22. The average Bonchev–Trinajstić information content (AvgIpc) is 2.46. The number of nitrogens with one attached hydrogen (secondary N) is 1. The van der Waals surface area contributed by atoms with Crippen molar-refractivity contribution < 1.29 is 0 Å². The van der Waals surface area contributed by atoms with Crippen LogP contribution in [0, 0.1) is 5.41 Å². The van der Waals surface area contributed by atoms with Crippen LogP contribution in [0.15, 0.2) is 23.1 Å². The lowest BCUT2D eigenvalue weighted by Crippen LogP contribution is -2.49. The number of thioether (sulfide) groups is 1. The number of benzene rings is 1. The van der Waals surface area contributed by atoms with Gasteiger partial charge in [-0.3, -0.25) is 10.3 Å². The Morgan fingerprint density at radius 1 is 1.25 bits per heavy atom. The molecule has 1 heterocycles. The van der Waals surface area contributed by atoms with E-state index in [2.05, 4.69) is 35.8 Å². The Balaban J connectivity index is 2.24. The molecular weight excluding hydrogens is 268 g/mol. The fourth-order valence-electron chi connectivity index (χ4n) is 2.70. The van der Waals surface area contributed by atoms with E-state index in [1.807, 2.05) is 12.3 Å². The fraction of sp³-hybridized carbons (Fsp3) is 0.533. The third kappa shape index (κ3) is 3.10. The molecule has 20 heavy (non-hydrogen) atoms. The van der Waals surface area contributed by atoms with E-state index in [-0.39, 0.29) is 5.84 Å². The molecule has 110 valence electrons. The first kappa shape index (κ1) is 15.2. The van der Waals surface area contributed by atoms with E-state index in [1.165, 1.54) is 0 Å². The van der Waals surface area contributed by atoms with Gasteiger partial charge in [0.1, 0.15) is 5.84 Å². The molecule has 0 atom stereocenters. The quantitative estimate of drug-likeness (QED) is 0.507. The van der Waals surface area contributed by atoms with Crippen LogP contribution < -0.4 is 10.6 Å². The standard InChI is InChI=1S/C15H24N4S/c1-11(2)18-7-9-19(10-8-18)12-5-4-6-13(20-3)14(12)15(16)17/h4-6,11H,7-10H2,1-3H3,(H3,16,17). The van der Waals surface area contributed by atoms with Gasteiger partial charge in [-0.05, 0) is 32.2 Å². The summed E-state index contributed by atoms with van der Waals surface area (Å²) in [6.07, 6.45) is 2.03. The molecule has 1 fully saturated rings. The second-order valence-corrected chi connectivity index (χ2v) is 6.23. The highest BCUT2D eigenvalue weighted by Crippen LogP contribution is 2.30. The molecule has 1 aromatic carbocycles. The van der Waals surface area contributed by atoms with Crippen LogP contribution in [0.4, 0.5) is 5.69 Å². The van der Waals surface area contributed by atoms with Crippen molar-refractivity contribution in [1.29, 1.82) is 5.41 Å². The first-order valence-electron chi connectivity index (χ1n) is 7.05. The van der Waals surface area contributed by atoms with Gasteiger partial charge in [0.25, 0.3) is 0 Å². The van der Waals surface area contributed by atoms with Crippen molar-refractivity contribution in [3.8, 4) is 0 Å². The van der Waals surface area contributed by atoms with Crippen LogP contribution in [-0.4, -0.2) is 49.2 Å². The Kier molecular flexibility index (Phi) is 4.94. The SMILES string of the molecule is CSc1cccc(N2CCN(C(C)C)CC2)c1C(=N)N. The smallest absolute Gasteiger partial charge is 0.126 e. The molecule has 2 rings (SSSR count). The van der Waals surface area contributed by atoms with Crippen LogP contribution in [0.25, 0.3) is 0 Å². The molecule has 0 spiro atoms. The summed E-state index contributed by atoms with van der Waals surface area (Å²) in [5.74, 6) is 0.163. The highest BCUT2D eigenvalue weighted by molar-refractivity contribution is 7.98. The maximum Gasteiger partial charge on any atom is 0.126 e. The van der Waals surface area contributed by atoms with Crippen LogP contribution in [0.5, 0.6) is 0 Å². The largest absolute Gasteiger partial charge is 0.384 e. The summed E-state index contributed by atoms with van der Waals surface area (Å²) in [6, 6.07) is 6.78. The van der Waals surface area contributed by atoms with Gasteiger partial charge in [0.15, 0.2) is 0 Å². The normalized spacial score (nSPS) is 16.7. The van der Waals surface area contributed by atoms with Crippen LogP contribution in [0.2, 0.25) is 0 Å². The lowest BCUT2D eigenvalue weighted by atomic mass is 10.1. The summed E-state index contributed by atoms with van der Waals surface area (Å²) >= 11 is 1.65. The van der Waals surface area contributed by atoms with Crippen molar-refractivity contribution in [2.45, 2.75) is 24.8 Å². The number of nitrogens with zero attached hydrogens (tertiary/aromatic N) is 2. The minimum atomic E-state index is 0.163. The molecule has 4 nitrogen and oxygen atoms in total. The highest BCUT2D eigenvalue weighted by atomic mass is 32.2. The zero-order valence-electron chi connectivity index (χ0n) is 12.5. The molecule has 1 aliphatic heterocycles. The minimum absolute atomic E-state index is 0.163. The number of nitrogens with two attached hydrogens (primary N) is 1. The van der Waals surface area contributed by atoms with E-state index in [0.717, 1.165) is 42.3 Å². The monoisotopic (exact) mass is 292 g/mol. The van der Waals surface area contributed by atoms with Gasteiger partial charge in [0.05, 0.1) is 5.56 Å². The summed E-state index contributed by atoms with van der Waals surface area (Å²) in [4.78, 5) is 5.93. The maximum absolute atomic E-state index is 7.87. The molecule has 0 amide bonds. The molecule has 1 aromatic rings. The van der Waals surface area contributed by atoms with Gasteiger partial charge in [0, 0.05) is 42.8 Å². The number of rotatable bonds is 4.